The van der Waals surface area contributed by atoms with Gasteiger partial charge < -0.3 is 5.11 Å². The van der Waals surface area contributed by atoms with Gasteiger partial charge in [0.1, 0.15) is 11.9 Å². The van der Waals surface area contributed by atoms with Crippen LogP contribution in [0, 0.1) is 19.7 Å². The highest BCUT2D eigenvalue weighted by atomic mass is 32.1. The highest BCUT2D eigenvalue weighted by Crippen LogP contribution is 2.30. The van der Waals surface area contributed by atoms with Crippen molar-refractivity contribution in [3.63, 3.8) is 0 Å². The fourth-order valence-electron chi connectivity index (χ4n) is 1.63. The maximum Gasteiger partial charge on any atom is 0.132 e. The number of aryl methyl sites for hydroxylation is 2. The Morgan fingerprint density at radius 2 is 1.94 bits per heavy atom. The molecule has 0 saturated heterocycles. The Morgan fingerprint density at radius 3 is 2.56 bits per heavy atom. The van der Waals surface area contributed by atoms with Crippen LogP contribution in [0.5, 0.6) is 0 Å². The summed E-state index contributed by atoms with van der Waals surface area (Å²) in [5.41, 5.74) is 0.909. The van der Waals surface area contributed by atoms with Crippen LogP contribution in [0.4, 0.5) is 4.39 Å². The molecule has 1 N–H and O–H groups in total. The third-order valence-corrected chi connectivity index (χ3v) is 3.60. The predicted molar refractivity (Wildman–Crippen MR) is 64.3 cm³/mol. The van der Waals surface area contributed by atoms with Crippen LogP contribution in [0.2, 0.25) is 0 Å². The number of rotatable bonds is 2. The lowest BCUT2D eigenvalue weighted by atomic mass is 10.0. The van der Waals surface area contributed by atoms with Crippen LogP contribution in [-0.2, 0) is 0 Å². The molecule has 1 unspecified atom stereocenters. The summed E-state index contributed by atoms with van der Waals surface area (Å²) in [6, 6.07) is 8.86. The Bertz CT molecular complexity index is 504. The van der Waals surface area contributed by atoms with E-state index in [2.05, 4.69) is 0 Å². The van der Waals surface area contributed by atoms with Crippen molar-refractivity contribution >= 4 is 11.3 Å². The maximum absolute atomic E-state index is 13.8. The quantitative estimate of drug-likeness (QED) is 0.845. The molecule has 0 amide bonds. The predicted octanol–water partition coefficient (Wildman–Crippen LogP) is 3.59. The molecule has 0 bridgehead atoms. The van der Waals surface area contributed by atoms with Gasteiger partial charge in [-0.25, -0.2) is 4.39 Å². The fourth-order valence-corrected chi connectivity index (χ4v) is 2.52. The molecule has 1 aromatic carbocycles. The molecular formula is C13H13FOS. The Hall–Kier alpha value is -1.19. The van der Waals surface area contributed by atoms with Gasteiger partial charge in [-0.2, -0.15) is 0 Å². The van der Waals surface area contributed by atoms with Gasteiger partial charge >= 0.3 is 0 Å². The van der Waals surface area contributed by atoms with Crippen molar-refractivity contribution in [2.24, 2.45) is 0 Å². The first kappa shape index (κ1) is 11.3. The molecule has 2 aromatic rings. The van der Waals surface area contributed by atoms with Gasteiger partial charge in [-0.3, -0.25) is 0 Å². The first-order valence-electron chi connectivity index (χ1n) is 5.09. The minimum Gasteiger partial charge on any atom is -0.383 e. The van der Waals surface area contributed by atoms with Crippen molar-refractivity contribution < 1.29 is 9.50 Å². The van der Waals surface area contributed by atoms with E-state index < -0.39 is 6.10 Å². The van der Waals surface area contributed by atoms with Crippen LogP contribution in [0.25, 0.3) is 0 Å². The van der Waals surface area contributed by atoms with Crippen molar-refractivity contribution in [3.05, 3.63) is 57.0 Å². The third kappa shape index (κ3) is 2.01. The lowest BCUT2D eigenvalue weighted by Crippen LogP contribution is -2.01. The number of aliphatic hydroxyl groups is 1. The molecule has 1 atom stereocenters. The molecule has 0 radical (unpaired) electrons. The van der Waals surface area contributed by atoms with E-state index in [1.165, 1.54) is 11.3 Å². The molecule has 1 nitrogen and oxygen atoms in total. The van der Waals surface area contributed by atoms with Gasteiger partial charge in [0.05, 0.1) is 0 Å². The first-order chi connectivity index (χ1) is 7.59. The summed E-state index contributed by atoms with van der Waals surface area (Å²) >= 11 is 1.49. The van der Waals surface area contributed by atoms with Gasteiger partial charge in [-0.15, -0.1) is 11.3 Å². The lowest BCUT2D eigenvalue weighted by molar-refractivity contribution is 0.218. The van der Waals surface area contributed by atoms with Crippen LogP contribution in [0.3, 0.4) is 0 Å². The monoisotopic (exact) mass is 236 g/mol. The van der Waals surface area contributed by atoms with Crippen LogP contribution in [0.15, 0.2) is 30.3 Å². The van der Waals surface area contributed by atoms with Crippen molar-refractivity contribution in [1.29, 1.82) is 0 Å². The van der Waals surface area contributed by atoms with Gasteiger partial charge in [0.2, 0.25) is 0 Å². The zero-order valence-electron chi connectivity index (χ0n) is 9.20. The standard InChI is InChI=1S/C13H13FOS/c1-8-4-3-5-10(12(8)14)13(15)11-7-6-9(2)16-11/h3-7,13,15H,1-2H3. The molecule has 0 fully saturated rings. The number of hydrogen-bond donors (Lipinski definition) is 1. The van der Waals surface area contributed by atoms with E-state index in [0.29, 0.717) is 11.1 Å². The van der Waals surface area contributed by atoms with Gasteiger partial charge in [0.25, 0.3) is 0 Å². The molecule has 0 aliphatic rings. The summed E-state index contributed by atoms with van der Waals surface area (Å²) in [5.74, 6) is -0.318. The molecule has 0 aliphatic heterocycles. The summed E-state index contributed by atoms with van der Waals surface area (Å²) in [6.45, 7) is 3.67. The van der Waals surface area contributed by atoms with Crippen molar-refractivity contribution in [1.82, 2.24) is 0 Å². The number of aliphatic hydroxyl groups excluding tert-OH is 1. The smallest absolute Gasteiger partial charge is 0.132 e. The lowest BCUT2D eigenvalue weighted by Gasteiger charge is -2.11. The Balaban J connectivity index is 2.41. The largest absolute Gasteiger partial charge is 0.383 e. The SMILES string of the molecule is Cc1ccc(C(O)c2cccc(C)c2F)s1. The molecule has 1 aromatic heterocycles. The molecule has 84 valence electrons. The van der Waals surface area contributed by atoms with Crippen LogP contribution >= 0.6 is 11.3 Å². The summed E-state index contributed by atoms with van der Waals surface area (Å²) in [6.07, 6.45) is -0.862. The van der Waals surface area contributed by atoms with E-state index in [4.69, 9.17) is 0 Å². The second-order valence-corrected chi connectivity index (χ2v) is 5.15. The highest BCUT2D eigenvalue weighted by Gasteiger charge is 2.17. The topological polar surface area (TPSA) is 20.2 Å². The molecule has 0 aliphatic carbocycles. The van der Waals surface area contributed by atoms with Crippen molar-refractivity contribution in [2.45, 2.75) is 20.0 Å². The molecule has 0 saturated carbocycles. The summed E-state index contributed by atoms with van der Waals surface area (Å²) in [5, 5.41) is 10.1. The number of hydrogen-bond acceptors (Lipinski definition) is 2. The summed E-state index contributed by atoms with van der Waals surface area (Å²) < 4.78 is 13.8. The second-order valence-electron chi connectivity index (χ2n) is 3.83. The van der Waals surface area contributed by atoms with Crippen molar-refractivity contribution in [3.8, 4) is 0 Å². The van der Waals surface area contributed by atoms with Crippen LogP contribution < -0.4 is 0 Å². The zero-order chi connectivity index (χ0) is 11.7. The fraction of sp³-hybridized carbons (Fsp3) is 0.231. The van der Waals surface area contributed by atoms with E-state index >= 15 is 0 Å². The number of benzene rings is 1. The molecule has 3 heteroatoms. The Labute approximate surface area is 98.2 Å². The minimum absolute atomic E-state index is 0.318. The van der Waals surface area contributed by atoms with Gasteiger partial charge in [0, 0.05) is 15.3 Å². The van der Waals surface area contributed by atoms with Crippen molar-refractivity contribution in [2.75, 3.05) is 0 Å². The summed E-state index contributed by atoms with van der Waals surface area (Å²) in [4.78, 5) is 1.89. The van der Waals surface area contributed by atoms with Gasteiger partial charge in [0.15, 0.2) is 0 Å². The molecule has 2 rings (SSSR count). The second kappa shape index (κ2) is 4.36. The van der Waals surface area contributed by atoms with E-state index in [0.717, 1.165) is 9.75 Å². The Morgan fingerprint density at radius 1 is 1.19 bits per heavy atom. The number of halogens is 1. The van der Waals surface area contributed by atoms with E-state index in [9.17, 15) is 9.50 Å². The maximum atomic E-state index is 13.8. The molecular weight excluding hydrogens is 223 g/mol. The van der Waals surface area contributed by atoms with Gasteiger partial charge in [-0.05, 0) is 31.5 Å². The molecule has 0 spiro atoms. The molecule has 1 heterocycles. The van der Waals surface area contributed by atoms with Crippen LogP contribution in [0.1, 0.15) is 27.0 Å². The average Bonchev–Trinajstić information content (AvgIpc) is 2.68. The average molecular weight is 236 g/mol. The normalized spacial score (nSPS) is 12.8. The Kier molecular flexibility index (Phi) is 3.08. The summed E-state index contributed by atoms with van der Waals surface area (Å²) in [7, 11) is 0. The molecule has 16 heavy (non-hydrogen) atoms. The third-order valence-electron chi connectivity index (χ3n) is 2.55. The van der Waals surface area contributed by atoms with E-state index in [1.54, 1.807) is 25.1 Å². The van der Waals surface area contributed by atoms with E-state index in [-0.39, 0.29) is 5.82 Å². The highest BCUT2D eigenvalue weighted by molar-refractivity contribution is 7.12. The van der Waals surface area contributed by atoms with Gasteiger partial charge in [-0.1, -0.05) is 18.2 Å². The van der Waals surface area contributed by atoms with E-state index in [1.807, 2.05) is 19.1 Å². The number of thiophene rings is 1. The van der Waals surface area contributed by atoms with Crippen LogP contribution in [-0.4, -0.2) is 5.11 Å². The first-order valence-corrected chi connectivity index (χ1v) is 5.90. The zero-order valence-corrected chi connectivity index (χ0v) is 10.0. The minimum atomic E-state index is -0.862.